The summed E-state index contributed by atoms with van der Waals surface area (Å²) < 4.78 is 0. The van der Waals surface area contributed by atoms with E-state index in [4.69, 9.17) is 0 Å². The van der Waals surface area contributed by atoms with Crippen LogP contribution in [0, 0.1) is 5.92 Å². The van der Waals surface area contributed by atoms with Crippen molar-refractivity contribution in [2.24, 2.45) is 5.92 Å². The molecule has 1 aliphatic rings. The van der Waals surface area contributed by atoms with Crippen molar-refractivity contribution in [2.75, 3.05) is 18.8 Å². The predicted octanol–water partition coefficient (Wildman–Crippen LogP) is 3.97. The van der Waals surface area contributed by atoms with Gasteiger partial charge >= 0.3 is 0 Å². The molecule has 2 amide bonds. The van der Waals surface area contributed by atoms with Gasteiger partial charge < -0.3 is 10.2 Å². The molecule has 0 bridgehead atoms. The first kappa shape index (κ1) is 18.8. The molecule has 5 heteroatoms. The molecule has 1 heterocycles. The van der Waals surface area contributed by atoms with Gasteiger partial charge in [-0.05, 0) is 22.5 Å². The maximum atomic E-state index is 12.3. The predicted molar refractivity (Wildman–Crippen MR) is 100 cm³/mol. The van der Waals surface area contributed by atoms with E-state index in [1.807, 2.05) is 0 Å². The van der Waals surface area contributed by atoms with Crippen LogP contribution in [0.5, 0.6) is 0 Å². The average molecular weight is 349 g/mol. The molecule has 0 aliphatic carbocycles. The minimum atomic E-state index is -0.0931. The number of nitrogens with zero attached hydrogens (tertiary/aromatic N) is 1. The zero-order valence-corrected chi connectivity index (χ0v) is 16.1. The number of thioether (sulfide) groups is 1. The second-order valence-corrected chi connectivity index (χ2v) is 8.74. The Morgan fingerprint density at radius 1 is 1.25 bits per heavy atom. The Labute approximate surface area is 149 Å². The highest BCUT2D eigenvalue weighted by molar-refractivity contribution is 8.13. The van der Waals surface area contributed by atoms with Crippen LogP contribution in [0.2, 0.25) is 0 Å². The second-order valence-electron chi connectivity index (χ2n) is 7.70. The summed E-state index contributed by atoms with van der Waals surface area (Å²) in [5, 5.41) is 3.10. The molecular formula is C19H28N2O2S. The van der Waals surface area contributed by atoms with Crippen LogP contribution in [0.1, 0.15) is 51.8 Å². The van der Waals surface area contributed by atoms with E-state index < -0.39 is 0 Å². The van der Waals surface area contributed by atoms with E-state index in [-0.39, 0.29) is 35.1 Å². The molecule has 1 aliphatic heterocycles. The lowest BCUT2D eigenvalue weighted by Crippen LogP contribution is -2.40. The molecular weight excluding hydrogens is 320 g/mol. The van der Waals surface area contributed by atoms with Crippen molar-refractivity contribution in [3.63, 3.8) is 0 Å². The fourth-order valence-electron chi connectivity index (χ4n) is 2.79. The summed E-state index contributed by atoms with van der Waals surface area (Å²) in [4.78, 5) is 25.6. The van der Waals surface area contributed by atoms with Crippen molar-refractivity contribution in [1.82, 2.24) is 10.2 Å². The number of carbonyl (C=O) groups excluding carboxylic acids is 2. The van der Waals surface area contributed by atoms with Gasteiger partial charge in [-0.1, -0.05) is 70.6 Å². The number of hydrogen-bond donors (Lipinski definition) is 1. The van der Waals surface area contributed by atoms with E-state index in [0.29, 0.717) is 6.54 Å². The highest BCUT2D eigenvalue weighted by atomic mass is 32.2. The largest absolute Gasteiger partial charge is 0.347 e. The van der Waals surface area contributed by atoms with Gasteiger partial charge in [-0.15, -0.1) is 0 Å². The third-order valence-electron chi connectivity index (χ3n) is 4.30. The van der Waals surface area contributed by atoms with Crippen LogP contribution >= 0.6 is 11.8 Å². The number of nitrogens with one attached hydrogen (secondary N) is 1. The molecule has 1 aromatic carbocycles. The summed E-state index contributed by atoms with van der Waals surface area (Å²) in [6.07, 6.45) is 0. The van der Waals surface area contributed by atoms with Crippen LogP contribution in [0.3, 0.4) is 0 Å². The normalized spacial score (nSPS) is 16.6. The van der Waals surface area contributed by atoms with Crippen LogP contribution in [-0.4, -0.2) is 34.9 Å². The van der Waals surface area contributed by atoms with Gasteiger partial charge in [-0.25, -0.2) is 0 Å². The molecule has 1 saturated heterocycles. The van der Waals surface area contributed by atoms with Crippen molar-refractivity contribution in [3.8, 4) is 0 Å². The summed E-state index contributed by atoms with van der Waals surface area (Å²) >= 11 is 1.28. The van der Waals surface area contributed by atoms with Crippen LogP contribution in [0.15, 0.2) is 24.3 Å². The van der Waals surface area contributed by atoms with Crippen molar-refractivity contribution < 1.29 is 9.59 Å². The minimum absolute atomic E-state index is 0.000719. The highest BCUT2D eigenvalue weighted by Crippen LogP contribution is 2.27. The quantitative estimate of drug-likeness (QED) is 0.876. The van der Waals surface area contributed by atoms with E-state index in [1.54, 1.807) is 4.90 Å². The summed E-state index contributed by atoms with van der Waals surface area (Å²) in [6, 6.07) is 8.43. The van der Waals surface area contributed by atoms with Crippen molar-refractivity contribution in [3.05, 3.63) is 35.4 Å². The first-order chi connectivity index (χ1) is 11.2. The summed E-state index contributed by atoms with van der Waals surface area (Å²) in [5.41, 5.74) is 2.50. The molecule has 0 aromatic heterocycles. The smallest absolute Gasteiger partial charge is 0.282 e. The average Bonchev–Trinajstić information content (AvgIpc) is 2.89. The molecule has 1 unspecified atom stereocenters. The number of amides is 2. The lowest BCUT2D eigenvalue weighted by molar-refractivity contribution is -0.122. The molecule has 1 aromatic rings. The number of hydrogen-bond acceptors (Lipinski definition) is 3. The Hall–Kier alpha value is -1.49. The van der Waals surface area contributed by atoms with Crippen LogP contribution in [-0.2, 0) is 10.2 Å². The van der Waals surface area contributed by atoms with Crippen molar-refractivity contribution in [1.29, 1.82) is 0 Å². The van der Waals surface area contributed by atoms with Gasteiger partial charge in [0.15, 0.2) is 0 Å². The Kier molecular flexibility index (Phi) is 5.97. The first-order valence-corrected chi connectivity index (χ1v) is 9.48. The lowest BCUT2D eigenvalue weighted by atomic mass is 9.85. The summed E-state index contributed by atoms with van der Waals surface area (Å²) in [6.45, 7) is 11.6. The fraction of sp³-hybridized carbons (Fsp3) is 0.579. The molecule has 132 valence electrons. The molecule has 0 spiro atoms. The fourth-order valence-corrected chi connectivity index (χ4v) is 3.61. The van der Waals surface area contributed by atoms with E-state index in [0.717, 1.165) is 11.3 Å². The highest BCUT2D eigenvalue weighted by Gasteiger charge is 2.25. The molecule has 2 rings (SSSR count). The van der Waals surface area contributed by atoms with E-state index in [1.165, 1.54) is 17.3 Å². The van der Waals surface area contributed by atoms with Crippen LogP contribution in [0.25, 0.3) is 0 Å². The van der Waals surface area contributed by atoms with Gasteiger partial charge in [0.25, 0.3) is 5.24 Å². The number of rotatable bonds is 5. The first-order valence-electron chi connectivity index (χ1n) is 8.50. The molecule has 1 N–H and O–H groups in total. The Morgan fingerprint density at radius 3 is 2.33 bits per heavy atom. The van der Waals surface area contributed by atoms with Gasteiger partial charge in [0.05, 0.1) is 6.04 Å². The Morgan fingerprint density at radius 2 is 1.88 bits per heavy atom. The number of carbonyl (C=O) groups is 2. The molecule has 1 atom stereocenters. The van der Waals surface area contributed by atoms with E-state index in [9.17, 15) is 9.59 Å². The zero-order chi connectivity index (χ0) is 17.9. The Balaban J connectivity index is 2.06. The summed E-state index contributed by atoms with van der Waals surface area (Å²) in [5.74, 6) is 0.955. The molecule has 0 radical (unpaired) electrons. The minimum Gasteiger partial charge on any atom is -0.347 e. The van der Waals surface area contributed by atoms with Gasteiger partial charge in [-0.2, -0.15) is 0 Å². The van der Waals surface area contributed by atoms with Crippen molar-refractivity contribution in [2.45, 2.75) is 46.1 Å². The monoisotopic (exact) mass is 348 g/mol. The third-order valence-corrected chi connectivity index (χ3v) is 5.19. The van der Waals surface area contributed by atoms with Crippen molar-refractivity contribution >= 4 is 22.9 Å². The van der Waals surface area contributed by atoms with E-state index >= 15 is 0 Å². The van der Waals surface area contributed by atoms with Gasteiger partial charge in [0.2, 0.25) is 5.91 Å². The molecule has 24 heavy (non-hydrogen) atoms. The van der Waals surface area contributed by atoms with Crippen LogP contribution in [0.4, 0.5) is 4.79 Å². The zero-order valence-electron chi connectivity index (χ0n) is 15.3. The maximum Gasteiger partial charge on any atom is 0.282 e. The molecule has 1 fully saturated rings. The topological polar surface area (TPSA) is 49.4 Å². The Bertz CT molecular complexity index is 590. The summed E-state index contributed by atoms with van der Waals surface area (Å²) in [7, 11) is 0. The molecule has 0 saturated carbocycles. The number of benzene rings is 1. The van der Waals surface area contributed by atoms with E-state index in [2.05, 4.69) is 64.2 Å². The molecule has 4 nitrogen and oxygen atoms in total. The van der Waals surface area contributed by atoms with Crippen LogP contribution < -0.4 is 5.32 Å². The van der Waals surface area contributed by atoms with Gasteiger partial charge in [0, 0.05) is 12.3 Å². The lowest BCUT2D eigenvalue weighted by Gasteiger charge is -2.26. The maximum absolute atomic E-state index is 12.3. The second kappa shape index (κ2) is 7.60. The SMILES string of the molecule is CC(C)C(NC(=O)CN1CCSC1=O)c1ccc(C(C)(C)C)cc1. The third kappa shape index (κ3) is 4.76. The standard InChI is InChI=1S/C19H28N2O2S/c1-13(2)17(14-6-8-15(9-7-14)19(3,4)5)20-16(22)12-21-10-11-24-18(21)23/h6-9,13,17H,10-12H2,1-5H3,(H,20,22). The van der Waals surface area contributed by atoms with Gasteiger partial charge in [0.1, 0.15) is 6.54 Å². The van der Waals surface area contributed by atoms with Gasteiger partial charge in [-0.3, -0.25) is 9.59 Å².